The zero-order chi connectivity index (χ0) is 21.6. The molecular formula is C26H22ClN3O. The number of benzene rings is 4. The molecule has 0 aliphatic rings. The van der Waals surface area contributed by atoms with E-state index in [1.54, 1.807) is 0 Å². The average Bonchev–Trinajstić information content (AvgIpc) is 2.77. The standard InChI is InChI=1S/C26H22ClN3O/c1-18-9-5-6-12-21(18)22-16-15-20(17-23(22)27)28-24-13-7-8-14-25(24)30-26(31)29-19-10-3-2-4-11-19/h2-17,28H,1H3,(H2,29,30,31). The first-order chi connectivity index (χ1) is 15.1. The summed E-state index contributed by atoms with van der Waals surface area (Å²) in [5.41, 5.74) is 6.26. The number of carbonyl (C=O) groups is 1. The highest BCUT2D eigenvalue weighted by atomic mass is 35.5. The van der Waals surface area contributed by atoms with Crippen molar-refractivity contribution in [2.45, 2.75) is 6.92 Å². The second-order valence-corrected chi connectivity index (χ2v) is 7.53. The van der Waals surface area contributed by atoms with E-state index < -0.39 is 0 Å². The van der Waals surface area contributed by atoms with Crippen molar-refractivity contribution in [1.29, 1.82) is 0 Å². The van der Waals surface area contributed by atoms with Gasteiger partial charge in [-0.1, -0.05) is 72.3 Å². The van der Waals surface area contributed by atoms with Crippen molar-refractivity contribution in [2.24, 2.45) is 0 Å². The van der Waals surface area contributed by atoms with Crippen LogP contribution in [0.1, 0.15) is 5.56 Å². The lowest BCUT2D eigenvalue weighted by Crippen LogP contribution is -2.19. The number of carbonyl (C=O) groups excluding carboxylic acids is 1. The Kier molecular flexibility index (Phi) is 6.20. The maximum Gasteiger partial charge on any atom is 0.323 e. The van der Waals surface area contributed by atoms with Crippen LogP contribution in [0.25, 0.3) is 11.1 Å². The molecule has 0 aliphatic carbocycles. The summed E-state index contributed by atoms with van der Waals surface area (Å²) in [6.45, 7) is 2.07. The molecule has 0 fully saturated rings. The van der Waals surface area contributed by atoms with Gasteiger partial charge in [-0.3, -0.25) is 0 Å². The third-order valence-corrected chi connectivity index (χ3v) is 5.20. The number of hydrogen-bond acceptors (Lipinski definition) is 2. The minimum Gasteiger partial charge on any atom is -0.354 e. The Morgan fingerprint density at radius 2 is 1.35 bits per heavy atom. The molecule has 0 heterocycles. The van der Waals surface area contributed by atoms with Gasteiger partial charge in [0.1, 0.15) is 0 Å². The highest BCUT2D eigenvalue weighted by molar-refractivity contribution is 6.33. The molecule has 31 heavy (non-hydrogen) atoms. The lowest BCUT2D eigenvalue weighted by Gasteiger charge is -2.15. The van der Waals surface area contributed by atoms with Crippen molar-refractivity contribution in [3.63, 3.8) is 0 Å². The average molecular weight is 428 g/mol. The van der Waals surface area contributed by atoms with Crippen molar-refractivity contribution in [2.75, 3.05) is 16.0 Å². The normalized spacial score (nSPS) is 10.4. The Bertz CT molecular complexity index is 1210. The summed E-state index contributed by atoms with van der Waals surface area (Å²) in [4.78, 5) is 12.4. The third-order valence-electron chi connectivity index (χ3n) is 4.89. The smallest absolute Gasteiger partial charge is 0.323 e. The number of aryl methyl sites for hydroxylation is 1. The van der Waals surface area contributed by atoms with Crippen molar-refractivity contribution >= 4 is 40.4 Å². The van der Waals surface area contributed by atoms with Crippen LogP contribution >= 0.6 is 11.6 Å². The summed E-state index contributed by atoms with van der Waals surface area (Å²) in [7, 11) is 0. The summed E-state index contributed by atoms with van der Waals surface area (Å²) in [5, 5.41) is 9.72. The van der Waals surface area contributed by atoms with Crippen LogP contribution < -0.4 is 16.0 Å². The van der Waals surface area contributed by atoms with Gasteiger partial charge >= 0.3 is 6.03 Å². The summed E-state index contributed by atoms with van der Waals surface area (Å²) in [6.07, 6.45) is 0. The molecule has 4 aromatic rings. The molecule has 2 amide bonds. The number of para-hydroxylation sites is 3. The molecule has 4 nitrogen and oxygen atoms in total. The van der Waals surface area contributed by atoms with E-state index in [0.29, 0.717) is 10.7 Å². The Balaban J connectivity index is 1.52. The zero-order valence-corrected chi connectivity index (χ0v) is 17.8. The number of nitrogens with one attached hydrogen (secondary N) is 3. The summed E-state index contributed by atoms with van der Waals surface area (Å²) >= 11 is 6.60. The molecule has 154 valence electrons. The van der Waals surface area contributed by atoms with Crippen molar-refractivity contribution in [3.05, 3.63) is 108 Å². The number of amides is 2. The number of urea groups is 1. The lowest BCUT2D eigenvalue weighted by atomic mass is 10.0. The van der Waals surface area contributed by atoms with E-state index in [4.69, 9.17) is 11.6 Å². The largest absolute Gasteiger partial charge is 0.354 e. The van der Waals surface area contributed by atoms with Gasteiger partial charge in [0.15, 0.2) is 0 Å². The van der Waals surface area contributed by atoms with Gasteiger partial charge < -0.3 is 16.0 Å². The number of halogens is 1. The summed E-state index contributed by atoms with van der Waals surface area (Å²) in [6, 6.07) is 30.6. The first-order valence-electron chi connectivity index (χ1n) is 9.95. The maximum absolute atomic E-state index is 12.4. The predicted molar refractivity (Wildman–Crippen MR) is 130 cm³/mol. The van der Waals surface area contributed by atoms with Gasteiger partial charge in [0.25, 0.3) is 0 Å². The molecule has 0 unspecified atom stereocenters. The van der Waals surface area contributed by atoms with E-state index in [0.717, 1.165) is 28.2 Å². The monoisotopic (exact) mass is 427 g/mol. The van der Waals surface area contributed by atoms with E-state index >= 15 is 0 Å². The maximum atomic E-state index is 12.4. The van der Waals surface area contributed by atoms with Crippen LogP contribution in [0.2, 0.25) is 5.02 Å². The first-order valence-corrected chi connectivity index (χ1v) is 10.3. The van der Waals surface area contributed by atoms with Crippen LogP contribution in [-0.4, -0.2) is 6.03 Å². The van der Waals surface area contributed by atoms with E-state index in [1.807, 2.05) is 84.9 Å². The van der Waals surface area contributed by atoms with Crippen LogP contribution in [0.3, 0.4) is 0 Å². The molecule has 4 aromatic carbocycles. The quantitative estimate of drug-likeness (QED) is 0.305. The molecule has 0 saturated heterocycles. The van der Waals surface area contributed by atoms with Gasteiger partial charge in [-0.2, -0.15) is 0 Å². The van der Waals surface area contributed by atoms with Gasteiger partial charge in [-0.25, -0.2) is 4.79 Å². The second-order valence-electron chi connectivity index (χ2n) is 7.13. The Hall–Kier alpha value is -3.76. The Labute approximate surface area is 186 Å². The fourth-order valence-corrected chi connectivity index (χ4v) is 3.63. The van der Waals surface area contributed by atoms with Gasteiger partial charge in [-0.05, 0) is 54.4 Å². The molecule has 5 heteroatoms. The number of hydrogen-bond donors (Lipinski definition) is 3. The van der Waals surface area contributed by atoms with Crippen LogP contribution in [-0.2, 0) is 0 Å². The number of anilines is 4. The fraction of sp³-hybridized carbons (Fsp3) is 0.0385. The minimum absolute atomic E-state index is 0.312. The molecule has 0 bridgehead atoms. The van der Waals surface area contributed by atoms with Gasteiger partial charge in [-0.15, -0.1) is 0 Å². The van der Waals surface area contributed by atoms with Gasteiger partial charge in [0, 0.05) is 16.9 Å². The Morgan fingerprint density at radius 3 is 2.10 bits per heavy atom. The Morgan fingerprint density at radius 1 is 0.677 bits per heavy atom. The van der Waals surface area contributed by atoms with Crippen molar-refractivity contribution in [3.8, 4) is 11.1 Å². The molecule has 0 spiro atoms. The number of rotatable bonds is 5. The van der Waals surface area contributed by atoms with E-state index in [9.17, 15) is 4.79 Å². The van der Waals surface area contributed by atoms with Crippen LogP contribution in [0, 0.1) is 6.92 Å². The van der Waals surface area contributed by atoms with E-state index in [2.05, 4.69) is 35.0 Å². The van der Waals surface area contributed by atoms with Crippen molar-refractivity contribution < 1.29 is 4.79 Å². The van der Waals surface area contributed by atoms with Crippen LogP contribution in [0.15, 0.2) is 97.1 Å². The van der Waals surface area contributed by atoms with Crippen molar-refractivity contribution in [1.82, 2.24) is 0 Å². The minimum atomic E-state index is -0.312. The molecule has 3 N–H and O–H groups in total. The molecular weight excluding hydrogens is 406 g/mol. The summed E-state index contributed by atoms with van der Waals surface area (Å²) in [5.74, 6) is 0. The topological polar surface area (TPSA) is 53.2 Å². The predicted octanol–water partition coefficient (Wildman–Crippen LogP) is 7.70. The fourth-order valence-electron chi connectivity index (χ4n) is 3.35. The molecule has 4 rings (SSSR count). The highest BCUT2D eigenvalue weighted by Gasteiger charge is 2.10. The third kappa shape index (κ3) is 5.05. The highest BCUT2D eigenvalue weighted by Crippen LogP contribution is 2.34. The second kappa shape index (κ2) is 9.37. The van der Waals surface area contributed by atoms with Gasteiger partial charge in [0.05, 0.1) is 16.4 Å². The SMILES string of the molecule is Cc1ccccc1-c1ccc(Nc2ccccc2NC(=O)Nc2ccccc2)cc1Cl. The first kappa shape index (κ1) is 20.5. The van der Waals surface area contributed by atoms with E-state index in [1.165, 1.54) is 5.56 Å². The molecule has 0 aromatic heterocycles. The molecule has 0 saturated carbocycles. The lowest BCUT2D eigenvalue weighted by molar-refractivity contribution is 0.262. The van der Waals surface area contributed by atoms with Crippen LogP contribution in [0.5, 0.6) is 0 Å². The molecule has 0 aliphatic heterocycles. The zero-order valence-electron chi connectivity index (χ0n) is 17.0. The summed E-state index contributed by atoms with van der Waals surface area (Å²) < 4.78 is 0. The van der Waals surface area contributed by atoms with E-state index in [-0.39, 0.29) is 6.03 Å². The van der Waals surface area contributed by atoms with Gasteiger partial charge in [0.2, 0.25) is 0 Å². The molecule has 0 radical (unpaired) electrons. The van der Waals surface area contributed by atoms with Crippen LogP contribution in [0.4, 0.5) is 27.5 Å². The molecule has 0 atom stereocenters.